The van der Waals surface area contributed by atoms with Crippen molar-refractivity contribution in [1.82, 2.24) is 4.90 Å². The summed E-state index contributed by atoms with van der Waals surface area (Å²) < 4.78 is 0. The molecule has 3 heteroatoms. The van der Waals surface area contributed by atoms with Crippen molar-refractivity contribution in [2.45, 2.75) is 51.5 Å². The summed E-state index contributed by atoms with van der Waals surface area (Å²) in [5, 5.41) is 8.69. The largest absolute Gasteiger partial charge is 0.330 e. The molecular formula is C12H20N2O. The molecule has 0 heterocycles. The molecule has 1 aliphatic rings. The van der Waals surface area contributed by atoms with Crippen LogP contribution < -0.4 is 0 Å². The summed E-state index contributed by atoms with van der Waals surface area (Å²) in [5.74, 6) is 0.857. The Labute approximate surface area is 92.1 Å². The molecule has 84 valence electrons. The number of rotatable bonds is 4. The molecule has 0 aliphatic heterocycles. The van der Waals surface area contributed by atoms with Crippen LogP contribution in [-0.2, 0) is 4.79 Å². The fourth-order valence-electron chi connectivity index (χ4n) is 2.11. The van der Waals surface area contributed by atoms with Gasteiger partial charge in [-0.25, -0.2) is 0 Å². The normalized spacial score (nSPS) is 18.5. The minimum Gasteiger partial charge on any atom is -0.330 e. The Morgan fingerprint density at radius 3 is 2.67 bits per heavy atom. The summed E-state index contributed by atoms with van der Waals surface area (Å²) in [5.41, 5.74) is 0. The quantitative estimate of drug-likeness (QED) is 0.711. The lowest BCUT2D eigenvalue weighted by atomic mass is 10.0. The van der Waals surface area contributed by atoms with Gasteiger partial charge in [-0.2, -0.15) is 5.26 Å². The molecule has 1 atom stereocenters. The predicted molar refractivity (Wildman–Crippen MR) is 59.0 cm³/mol. The van der Waals surface area contributed by atoms with Gasteiger partial charge in [-0.3, -0.25) is 4.79 Å². The molecule has 0 spiro atoms. The molecule has 1 fully saturated rings. The SMILES string of the molecule is CC(C#N)N(C)C(=O)CCC1CCCC1. The van der Waals surface area contributed by atoms with Crippen LogP contribution in [0.5, 0.6) is 0 Å². The van der Waals surface area contributed by atoms with E-state index in [1.807, 2.05) is 0 Å². The van der Waals surface area contributed by atoms with Crippen LogP contribution in [-0.4, -0.2) is 23.9 Å². The monoisotopic (exact) mass is 208 g/mol. The van der Waals surface area contributed by atoms with Gasteiger partial charge in [0.15, 0.2) is 0 Å². The molecule has 1 amide bonds. The van der Waals surface area contributed by atoms with Crippen molar-refractivity contribution in [3.63, 3.8) is 0 Å². The van der Waals surface area contributed by atoms with E-state index in [1.165, 1.54) is 25.7 Å². The van der Waals surface area contributed by atoms with Crippen LogP contribution in [0.1, 0.15) is 45.4 Å². The van der Waals surface area contributed by atoms with Crippen molar-refractivity contribution in [3.05, 3.63) is 0 Å². The van der Waals surface area contributed by atoms with Gasteiger partial charge in [0.1, 0.15) is 6.04 Å². The highest BCUT2D eigenvalue weighted by Gasteiger charge is 2.19. The van der Waals surface area contributed by atoms with Gasteiger partial charge in [0, 0.05) is 13.5 Å². The Bertz CT molecular complexity index is 251. The van der Waals surface area contributed by atoms with E-state index >= 15 is 0 Å². The molecule has 1 saturated carbocycles. The smallest absolute Gasteiger partial charge is 0.223 e. The maximum absolute atomic E-state index is 11.7. The molecule has 0 saturated heterocycles. The average molecular weight is 208 g/mol. The first kappa shape index (κ1) is 12.0. The molecule has 0 radical (unpaired) electrons. The third kappa shape index (κ3) is 3.54. The van der Waals surface area contributed by atoms with E-state index in [-0.39, 0.29) is 11.9 Å². The molecule has 3 nitrogen and oxygen atoms in total. The molecular weight excluding hydrogens is 188 g/mol. The van der Waals surface area contributed by atoms with Gasteiger partial charge in [0.05, 0.1) is 6.07 Å². The fraction of sp³-hybridized carbons (Fsp3) is 0.833. The topological polar surface area (TPSA) is 44.1 Å². The summed E-state index contributed by atoms with van der Waals surface area (Å²) in [6, 6.07) is 1.77. The van der Waals surface area contributed by atoms with Crippen LogP contribution in [0, 0.1) is 17.2 Å². The van der Waals surface area contributed by atoms with E-state index in [1.54, 1.807) is 18.9 Å². The number of nitrogens with zero attached hydrogens (tertiary/aromatic N) is 2. The Balaban J connectivity index is 2.26. The van der Waals surface area contributed by atoms with Crippen LogP contribution in [0.4, 0.5) is 0 Å². The first-order chi connectivity index (χ1) is 7.15. The maximum Gasteiger partial charge on any atom is 0.223 e. The standard InChI is InChI=1S/C12H20N2O/c1-10(9-13)14(2)12(15)8-7-11-5-3-4-6-11/h10-11H,3-8H2,1-2H3. The van der Waals surface area contributed by atoms with Crippen molar-refractivity contribution in [2.24, 2.45) is 5.92 Å². The molecule has 0 bridgehead atoms. The maximum atomic E-state index is 11.7. The van der Waals surface area contributed by atoms with Crippen LogP contribution in [0.25, 0.3) is 0 Å². The van der Waals surface area contributed by atoms with Crippen molar-refractivity contribution in [1.29, 1.82) is 5.26 Å². The van der Waals surface area contributed by atoms with Crippen LogP contribution in [0.3, 0.4) is 0 Å². The van der Waals surface area contributed by atoms with E-state index < -0.39 is 0 Å². The third-order valence-corrected chi connectivity index (χ3v) is 3.40. The number of hydrogen-bond donors (Lipinski definition) is 0. The lowest BCUT2D eigenvalue weighted by molar-refractivity contribution is -0.131. The number of amides is 1. The van der Waals surface area contributed by atoms with E-state index in [9.17, 15) is 4.79 Å². The Hall–Kier alpha value is -1.04. The van der Waals surface area contributed by atoms with Crippen molar-refractivity contribution in [2.75, 3.05) is 7.05 Å². The Kier molecular flexibility index (Phi) is 4.61. The first-order valence-corrected chi connectivity index (χ1v) is 5.80. The lowest BCUT2D eigenvalue weighted by Gasteiger charge is -2.20. The zero-order chi connectivity index (χ0) is 11.3. The molecule has 0 N–H and O–H groups in total. The van der Waals surface area contributed by atoms with E-state index in [0.29, 0.717) is 6.42 Å². The molecule has 1 unspecified atom stereocenters. The highest BCUT2D eigenvalue weighted by Crippen LogP contribution is 2.28. The number of carbonyl (C=O) groups excluding carboxylic acids is 1. The van der Waals surface area contributed by atoms with E-state index in [0.717, 1.165) is 12.3 Å². The zero-order valence-corrected chi connectivity index (χ0v) is 9.70. The highest BCUT2D eigenvalue weighted by molar-refractivity contribution is 5.76. The predicted octanol–water partition coefficient (Wildman–Crippen LogP) is 2.33. The van der Waals surface area contributed by atoms with E-state index in [2.05, 4.69) is 6.07 Å². The molecule has 0 aromatic heterocycles. The van der Waals surface area contributed by atoms with Gasteiger partial charge in [-0.05, 0) is 19.3 Å². The number of hydrogen-bond acceptors (Lipinski definition) is 2. The number of nitriles is 1. The van der Waals surface area contributed by atoms with Crippen molar-refractivity contribution < 1.29 is 4.79 Å². The molecule has 0 aromatic carbocycles. The third-order valence-electron chi connectivity index (χ3n) is 3.40. The second-order valence-corrected chi connectivity index (χ2v) is 4.50. The van der Waals surface area contributed by atoms with Gasteiger partial charge in [-0.15, -0.1) is 0 Å². The molecule has 15 heavy (non-hydrogen) atoms. The summed E-state index contributed by atoms with van der Waals surface area (Å²) in [7, 11) is 1.71. The Morgan fingerprint density at radius 1 is 1.53 bits per heavy atom. The van der Waals surface area contributed by atoms with Gasteiger partial charge in [0.25, 0.3) is 0 Å². The van der Waals surface area contributed by atoms with Gasteiger partial charge >= 0.3 is 0 Å². The zero-order valence-electron chi connectivity index (χ0n) is 9.70. The van der Waals surface area contributed by atoms with Gasteiger partial charge < -0.3 is 4.90 Å². The number of carbonyl (C=O) groups is 1. The molecule has 1 rings (SSSR count). The Morgan fingerprint density at radius 2 is 2.13 bits per heavy atom. The molecule has 0 aromatic rings. The summed E-state index contributed by atoms with van der Waals surface area (Å²) in [6.07, 6.45) is 6.82. The van der Waals surface area contributed by atoms with Gasteiger partial charge in [-0.1, -0.05) is 25.7 Å². The highest BCUT2D eigenvalue weighted by atomic mass is 16.2. The van der Waals surface area contributed by atoms with Crippen molar-refractivity contribution >= 4 is 5.91 Å². The summed E-state index contributed by atoms with van der Waals surface area (Å²) in [4.78, 5) is 13.2. The summed E-state index contributed by atoms with van der Waals surface area (Å²) >= 11 is 0. The van der Waals surface area contributed by atoms with Crippen LogP contribution in [0.15, 0.2) is 0 Å². The van der Waals surface area contributed by atoms with Crippen LogP contribution >= 0.6 is 0 Å². The lowest BCUT2D eigenvalue weighted by Crippen LogP contribution is -2.34. The second-order valence-electron chi connectivity index (χ2n) is 4.50. The van der Waals surface area contributed by atoms with Crippen LogP contribution in [0.2, 0.25) is 0 Å². The van der Waals surface area contributed by atoms with E-state index in [4.69, 9.17) is 5.26 Å². The minimum absolute atomic E-state index is 0.107. The summed E-state index contributed by atoms with van der Waals surface area (Å²) in [6.45, 7) is 1.76. The first-order valence-electron chi connectivity index (χ1n) is 5.80. The fourth-order valence-corrected chi connectivity index (χ4v) is 2.11. The average Bonchev–Trinajstić information content (AvgIpc) is 2.76. The minimum atomic E-state index is -0.305. The molecule has 1 aliphatic carbocycles. The van der Waals surface area contributed by atoms with Crippen molar-refractivity contribution in [3.8, 4) is 6.07 Å². The van der Waals surface area contributed by atoms with Gasteiger partial charge in [0.2, 0.25) is 5.91 Å². The second kappa shape index (κ2) is 5.75.